The summed E-state index contributed by atoms with van der Waals surface area (Å²) in [5.41, 5.74) is 2.13. The molecule has 6 aromatic carbocycles. The molecule has 20 nitrogen and oxygen atoms in total. The average Bonchev–Trinajstić information content (AvgIpc) is 1.68. The molecule has 5 aromatic heterocycles. The fourth-order valence-electron chi connectivity index (χ4n) is 9.80. The fourth-order valence-corrected chi connectivity index (χ4v) is 10.8. The van der Waals surface area contributed by atoms with Gasteiger partial charge in [-0.1, -0.05) is 31.7 Å². The maximum absolute atomic E-state index is 13.7. The van der Waals surface area contributed by atoms with Gasteiger partial charge in [-0.25, -0.2) is 53.7 Å². The van der Waals surface area contributed by atoms with Crippen molar-refractivity contribution in [2.45, 2.75) is 26.8 Å². The van der Waals surface area contributed by atoms with E-state index in [1.807, 2.05) is 0 Å². The average molecular weight is 1280 g/mol. The summed E-state index contributed by atoms with van der Waals surface area (Å²) in [6.07, 6.45) is 2.25. The van der Waals surface area contributed by atoms with Gasteiger partial charge in [0, 0.05) is 79.8 Å². The number of furan rings is 2. The monoisotopic (exact) mass is 1280 g/mol. The van der Waals surface area contributed by atoms with E-state index in [0.717, 1.165) is 31.3 Å². The number of halogens is 4. The Morgan fingerprint density at radius 3 is 1.42 bits per heavy atom. The van der Waals surface area contributed by atoms with Crippen molar-refractivity contribution in [1.82, 2.24) is 25.2 Å². The largest absolute Gasteiger partial charge is 0.506 e. The van der Waals surface area contributed by atoms with Crippen LogP contribution in [-0.4, -0.2) is 94.8 Å². The van der Waals surface area contributed by atoms with Crippen LogP contribution in [0.1, 0.15) is 56.2 Å². The fraction of sp³-hybridized carbons (Fsp3) is 0.154. The number of carbonyl (C=O) groups excluding carboxylic acids is 3. The van der Waals surface area contributed by atoms with Crippen molar-refractivity contribution in [1.29, 1.82) is 0 Å². The summed E-state index contributed by atoms with van der Waals surface area (Å²) >= 11 is 0. The minimum atomic E-state index is -3.85. The maximum Gasteiger partial charge on any atom is 0.422 e. The van der Waals surface area contributed by atoms with Gasteiger partial charge in [-0.05, 0) is 127 Å². The molecule has 0 spiro atoms. The van der Waals surface area contributed by atoms with Crippen molar-refractivity contribution in [2.24, 2.45) is 0 Å². The van der Waals surface area contributed by atoms with Crippen LogP contribution in [0.15, 0.2) is 168 Å². The number of pyridine rings is 2. The molecule has 0 bridgehead atoms. The van der Waals surface area contributed by atoms with Gasteiger partial charge in [0.05, 0.1) is 52.9 Å². The Hall–Kier alpha value is -10.7. The van der Waals surface area contributed by atoms with Crippen LogP contribution in [0.25, 0.3) is 78.2 Å². The number of Topliss-reactive ketones (excluding diaryl/α,β-unsaturated/α-hetero) is 1. The molecule has 0 fully saturated rings. The van der Waals surface area contributed by atoms with Crippen molar-refractivity contribution >= 4 is 82.1 Å². The van der Waals surface area contributed by atoms with E-state index < -0.39 is 72.2 Å². The van der Waals surface area contributed by atoms with Crippen molar-refractivity contribution in [3.8, 4) is 50.9 Å². The van der Waals surface area contributed by atoms with Crippen LogP contribution in [0.5, 0.6) is 5.75 Å². The number of nitrogens with zero attached hydrogens (tertiary/aromatic N) is 5. The number of aromatic hydroxyl groups is 1. The van der Waals surface area contributed by atoms with Gasteiger partial charge in [-0.3, -0.25) is 27.8 Å². The van der Waals surface area contributed by atoms with E-state index in [0.29, 0.717) is 22.1 Å². The summed E-state index contributed by atoms with van der Waals surface area (Å²) < 4.78 is 125. The lowest BCUT2D eigenvalue weighted by Crippen LogP contribution is -2.33. The number of anilines is 2. The summed E-state index contributed by atoms with van der Waals surface area (Å²) in [5, 5.41) is 16.3. The molecule has 11 rings (SSSR count). The third kappa shape index (κ3) is 13.4. The molecule has 2 amide bonds. The third-order valence-corrected chi connectivity index (χ3v) is 17.0. The number of benzene rings is 6. The van der Waals surface area contributed by atoms with Crippen molar-refractivity contribution in [3.63, 3.8) is 0 Å². The molecule has 468 valence electrons. The molecule has 11 aromatic rings. The van der Waals surface area contributed by atoms with E-state index in [2.05, 4.69) is 20.6 Å². The zero-order valence-electron chi connectivity index (χ0n) is 48.4. The van der Waals surface area contributed by atoms with Gasteiger partial charge in [0.1, 0.15) is 57.4 Å². The Bertz CT molecular complexity index is 5040. The molecule has 5 heterocycles. The predicted molar refractivity (Wildman–Crippen MR) is 336 cm³/mol. The Kier molecular flexibility index (Phi) is 18.3. The molecule has 26 heteroatoms. The second-order valence-corrected chi connectivity index (χ2v) is 24.5. The summed E-state index contributed by atoms with van der Waals surface area (Å²) in [6.45, 7) is -0.214. The molecule has 91 heavy (non-hydrogen) atoms. The zero-order valence-corrected chi connectivity index (χ0v) is 50.0. The standard InChI is InChI=1S/C32H24F2N4O7S.C32H27F2N3O6S.CH4/c1-35-30(39)27-22-14-21(24(37(2)46(3,42)43)15-26(22)44-29(27)18-6-10-20(34)11-7-18)23-12-13-25-28(36-23)31(40)38(32(41)45-25)16-17-4-8-19(33)9-5-17;1-35-32(40)29-23-16-22(24-13-15-27(39)30(36-24)26(38)14-6-18-4-9-20(33)10-5-18)25(37(2)44(3,41)42)17-28(23)43-31(29)19-7-11-21(34)12-8-19;/h4-15H,16H2,1-3H3,(H,35,39);4-5,7-13,15-17,39H,6,14H2,1-3H3,(H,35,40);1H4. The van der Waals surface area contributed by atoms with Crippen LogP contribution < -0.4 is 30.6 Å². The molecular weight excluding hydrogens is 1230 g/mol. The molecule has 0 saturated carbocycles. The lowest BCUT2D eigenvalue weighted by molar-refractivity contribution is 0.0956. The highest BCUT2D eigenvalue weighted by molar-refractivity contribution is 7.92. The molecule has 0 radical (unpaired) electrons. The van der Waals surface area contributed by atoms with Gasteiger partial charge < -0.3 is 29.0 Å². The van der Waals surface area contributed by atoms with Crippen LogP contribution in [0.3, 0.4) is 0 Å². The van der Waals surface area contributed by atoms with Crippen LogP contribution >= 0.6 is 0 Å². The van der Waals surface area contributed by atoms with Crippen LogP contribution in [0.2, 0.25) is 0 Å². The summed E-state index contributed by atoms with van der Waals surface area (Å²) in [4.78, 5) is 74.5. The van der Waals surface area contributed by atoms with E-state index in [4.69, 9.17) is 13.3 Å². The SMILES string of the molecule is C.CNC(=O)c1c(-c2ccc(F)cc2)oc2cc(N(C)S(C)(=O)=O)c(-c3ccc(O)c(C(=O)CCc4ccc(F)cc4)n3)cc12.CNC(=O)c1c(-c2ccc(F)cc2)oc2cc(N(C)S(C)(=O)=O)c(-c3ccc4oc(=O)n(Cc5ccc(F)cc5)c(=O)c4n3)cc12. The highest BCUT2D eigenvalue weighted by Crippen LogP contribution is 2.43. The summed E-state index contributed by atoms with van der Waals surface area (Å²) in [6, 6.07) is 33.0. The number of nitrogens with one attached hydrogen (secondary N) is 2. The van der Waals surface area contributed by atoms with E-state index in [9.17, 15) is 63.5 Å². The van der Waals surface area contributed by atoms with E-state index >= 15 is 0 Å². The Labute approximate surface area is 516 Å². The normalized spacial score (nSPS) is 11.5. The van der Waals surface area contributed by atoms with Gasteiger partial charge in [0.15, 0.2) is 16.9 Å². The zero-order chi connectivity index (χ0) is 64.7. The van der Waals surface area contributed by atoms with Gasteiger partial charge in [0.2, 0.25) is 20.0 Å². The van der Waals surface area contributed by atoms with Crippen molar-refractivity contribution < 1.29 is 67.1 Å². The molecule has 0 aliphatic heterocycles. The van der Waals surface area contributed by atoms with Gasteiger partial charge in [-0.15, -0.1) is 0 Å². The Balaban J connectivity index is 0.000000213. The molecular formula is C65H55F4N7O13S2. The first kappa shape index (κ1) is 64.7. The highest BCUT2D eigenvalue weighted by atomic mass is 32.2. The van der Waals surface area contributed by atoms with Crippen LogP contribution in [0, 0.1) is 23.3 Å². The molecule has 3 N–H and O–H groups in total. The molecule has 0 unspecified atom stereocenters. The molecule has 0 aliphatic carbocycles. The van der Waals surface area contributed by atoms with E-state index in [1.54, 1.807) is 12.1 Å². The molecule has 0 saturated heterocycles. The first-order valence-electron chi connectivity index (χ1n) is 27.0. The quantitative estimate of drug-likeness (QED) is 0.0599. The number of aromatic nitrogens is 3. The van der Waals surface area contributed by atoms with Gasteiger partial charge in [0.25, 0.3) is 17.4 Å². The number of aryl methyl sites for hydroxylation is 1. The topological polar surface area (TPSA) is 275 Å². The third-order valence-electron chi connectivity index (χ3n) is 14.6. The number of amides is 2. The predicted octanol–water partition coefficient (Wildman–Crippen LogP) is 10.9. The van der Waals surface area contributed by atoms with Crippen LogP contribution in [0.4, 0.5) is 28.9 Å². The Morgan fingerprint density at radius 2 is 0.978 bits per heavy atom. The molecule has 0 atom stereocenters. The van der Waals surface area contributed by atoms with Crippen molar-refractivity contribution in [2.75, 3.05) is 49.3 Å². The van der Waals surface area contributed by atoms with Gasteiger partial charge in [-0.2, -0.15) is 0 Å². The second-order valence-electron chi connectivity index (χ2n) is 20.5. The molecule has 0 aliphatic rings. The minimum absolute atomic E-state index is 0. The number of rotatable bonds is 16. The van der Waals surface area contributed by atoms with Crippen molar-refractivity contribution in [3.05, 3.63) is 218 Å². The lowest BCUT2D eigenvalue weighted by atomic mass is 10.00. The number of fused-ring (bicyclic) bond motifs is 3. The minimum Gasteiger partial charge on any atom is -0.506 e. The van der Waals surface area contributed by atoms with E-state index in [-0.39, 0.29) is 122 Å². The first-order valence-corrected chi connectivity index (χ1v) is 30.7. The number of carbonyl (C=O) groups is 3. The smallest absolute Gasteiger partial charge is 0.422 e. The van der Waals surface area contributed by atoms with Crippen LogP contribution in [-0.2, 0) is 33.0 Å². The second kappa shape index (κ2) is 25.8. The summed E-state index contributed by atoms with van der Waals surface area (Å²) in [5.74, 6) is -4.43. The van der Waals surface area contributed by atoms with Gasteiger partial charge >= 0.3 is 5.76 Å². The first-order chi connectivity index (χ1) is 42.7. The number of sulfonamides is 2. The maximum atomic E-state index is 13.7. The summed E-state index contributed by atoms with van der Waals surface area (Å²) in [7, 11) is -2.14. The highest BCUT2D eigenvalue weighted by Gasteiger charge is 2.30. The number of hydrogen-bond donors (Lipinski definition) is 3. The Morgan fingerprint density at radius 1 is 0.560 bits per heavy atom. The lowest BCUT2D eigenvalue weighted by Gasteiger charge is -2.20. The number of hydrogen-bond acceptors (Lipinski definition) is 15. The number of ketones is 1. The van der Waals surface area contributed by atoms with E-state index in [1.165, 1.54) is 162 Å².